The zero-order valence-corrected chi connectivity index (χ0v) is 16.6. The summed E-state index contributed by atoms with van der Waals surface area (Å²) in [6, 6.07) is 6.43. The van der Waals surface area contributed by atoms with Crippen molar-refractivity contribution < 1.29 is 9.59 Å². The lowest BCUT2D eigenvalue weighted by Gasteiger charge is -2.34. The van der Waals surface area contributed by atoms with Crippen molar-refractivity contribution in [1.29, 1.82) is 0 Å². The molecule has 2 saturated heterocycles. The smallest absolute Gasteiger partial charge is 0.306 e. The van der Waals surface area contributed by atoms with Gasteiger partial charge in [-0.3, -0.25) is 4.90 Å². The fourth-order valence-electron chi connectivity index (χ4n) is 3.37. The normalized spacial score (nSPS) is 24.9. The summed E-state index contributed by atoms with van der Waals surface area (Å²) >= 11 is 7.63. The molecule has 0 spiro atoms. The number of hydrogen-bond acceptors (Lipinski definition) is 3. The van der Waals surface area contributed by atoms with E-state index in [1.807, 2.05) is 4.90 Å². The first-order valence-corrected chi connectivity index (χ1v) is 9.49. The van der Waals surface area contributed by atoms with Gasteiger partial charge in [-0.05, 0) is 44.0 Å². The van der Waals surface area contributed by atoms with E-state index < -0.39 is 0 Å². The second-order valence-corrected chi connectivity index (χ2v) is 9.43. The molecular weight excluding hydrogens is 360 g/mol. The number of anilines is 1. The molecule has 1 aromatic carbocycles. The molecular formula is C17H23ClN4O2S. The maximum Gasteiger partial charge on any atom is 0.342 e. The number of halogens is 1. The van der Waals surface area contributed by atoms with Crippen molar-refractivity contribution in [1.82, 2.24) is 14.9 Å². The third-order valence-corrected chi connectivity index (χ3v) is 6.59. The van der Waals surface area contributed by atoms with Crippen molar-refractivity contribution in [3.63, 3.8) is 0 Å². The first kappa shape index (κ1) is 18.2. The van der Waals surface area contributed by atoms with E-state index in [9.17, 15) is 9.59 Å². The Bertz CT molecular complexity index is 694. The summed E-state index contributed by atoms with van der Waals surface area (Å²) in [6.07, 6.45) is -0.324. The standard InChI is InChI=1S/C17H23ClN4O2S/c1-10(2)13-21-14(17(3,4)25-13)22(20(5)16(21)24)15(23)19-12-8-6-11(18)7-9-12/h6-10,13-14H,1-5H3,(H,19,23). The second kappa shape index (κ2) is 6.29. The molecule has 1 aromatic rings. The average Bonchev–Trinajstić information content (AvgIpc) is 2.95. The summed E-state index contributed by atoms with van der Waals surface area (Å²) in [5, 5.41) is 6.43. The molecule has 136 valence electrons. The maximum absolute atomic E-state index is 12.9. The monoisotopic (exact) mass is 382 g/mol. The first-order chi connectivity index (χ1) is 11.6. The minimum Gasteiger partial charge on any atom is -0.306 e. The predicted molar refractivity (Wildman–Crippen MR) is 101 cm³/mol. The van der Waals surface area contributed by atoms with Gasteiger partial charge in [0, 0.05) is 17.8 Å². The molecule has 2 fully saturated rings. The maximum atomic E-state index is 12.9. The molecule has 2 unspecified atom stereocenters. The van der Waals surface area contributed by atoms with Crippen molar-refractivity contribution >= 4 is 41.1 Å². The number of nitrogens with zero attached hydrogens (tertiary/aromatic N) is 3. The lowest BCUT2D eigenvalue weighted by Crippen LogP contribution is -2.53. The molecule has 2 aliphatic rings. The largest absolute Gasteiger partial charge is 0.342 e. The van der Waals surface area contributed by atoms with E-state index in [4.69, 9.17) is 11.6 Å². The average molecular weight is 383 g/mol. The van der Waals surface area contributed by atoms with Gasteiger partial charge < -0.3 is 5.32 Å². The number of carbonyl (C=O) groups is 2. The second-order valence-electron chi connectivity index (χ2n) is 7.22. The molecule has 25 heavy (non-hydrogen) atoms. The quantitative estimate of drug-likeness (QED) is 0.830. The molecule has 1 N–H and O–H groups in total. The van der Waals surface area contributed by atoms with Gasteiger partial charge in [0.25, 0.3) is 0 Å². The summed E-state index contributed by atoms with van der Waals surface area (Å²) in [5.41, 5.74) is 0.637. The van der Waals surface area contributed by atoms with Gasteiger partial charge in [-0.25, -0.2) is 19.6 Å². The van der Waals surface area contributed by atoms with E-state index in [0.29, 0.717) is 16.6 Å². The summed E-state index contributed by atoms with van der Waals surface area (Å²) in [4.78, 5) is 27.5. The molecule has 0 radical (unpaired) electrons. The Morgan fingerprint density at radius 3 is 2.44 bits per heavy atom. The van der Waals surface area contributed by atoms with Crippen LogP contribution in [0.4, 0.5) is 15.3 Å². The molecule has 0 aliphatic carbocycles. The summed E-state index contributed by atoms with van der Waals surface area (Å²) in [5.74, 6) is 0.297. The van der Waals surface area contributed by atoms with Crippen LogP contribution in [0.3, 0.4) is 0 Å². The lowest BCUT2D eigenvalue weighted by atomic mass is 10.1. The summed E-state index contributed by atoms with van der Waals surface area (Å²) < 4.78 is -0.271. The number of nitrogens with one attached hydrogen (secondary N) is 1. The Balaban J connectivity index is 1.89. The fourth-order valence-corrected chi connectivity index (χ4v) is 5.05. The Labute approximate surface area is 157 Å². The number of amides is 4. The van der Waals surface area contributed by atoms with Gasteiger partial charge >= 0.3 is 12.1 Å². The number of fused-ring (bicyclic) bond motifs is 1. The molecule has 2 atom stereocenters. The van der Waals surface area contributed by atoms with E-state index in [1.165, 1.54) is 10.0 Å². The third kappa shape index (κ3) is 3.04. The highest BCUT2D eigenvalue weighted by atomic mass is 35.5. The number of thioether (sulfide) groups is 1. The third-order valence-electron chi connectivity index (χ3n) is 4.51. The zero-order chi connectivity index (χ0) is 18.5. The minimum atomic E-state index is -0.330. The van der Waals surface area contributed by atoms with Gasteiger partial charge in [-0.2, -0.15) is 0 Å². The molecule has 8 heteroatoms. The van der Waals surface area contributed by atoms with Crippen LogP contribution in [0.1, 0.15) is 27.7 Å². The highest BCUT2D eigenvalue weighted by Crippen LogP contribution is 2.51. The van der Waals surface area contributed by atoms with Crippen molar-refractivity contribution in [2.75, 3.05) is 12.4 Å². The van der Waals surface area contributed by atoms with Gasteiger partial charge in [0.2, 0.25) is 0 Å². The van der Waals surface area contributed by atoms with Crippen LogP contribution < -0.4 is 5.32 Å². The molecule has 2 heterocycles. The molecule has 0 bridgehead atoms. The van der Waals surface area contributed by atoms with Gasteiger partial charge in [0.15, 0.2) is 0 Å². The Morgan fingerprint density at radius 2 is 1.88 bits per heavy atom. The Hall–Kier alpha value is -1.60. The van der Waals surface area contributed by atoms with Crippen LogP contribution in [-0.4, -0.2) is 50.3 Å². The van der Waals surface area contributed by atoms with Crippen molar-refractivity contribution in [3.8, 4) is 0 Å². The zero-order valence-electron chi connectivity index (χ0n) is 15.0. The molecule has 4 amide bonds. The van der Waals surface area contributed by atoms with Crippen LogP contribution >= 0.6 is 23.4 Å². The molecule has 6 nitrogen and oxygen atoms in total. The Morgan fingerprint density at radius 1 is 1.28 bits per heavy atom. The van der Waals surface area contributed by atoms with Crippen LogP contribution in [0.25, 0.3) is 0 Å². The van der Waals surface area contributed by atoms with Crippen LogP contribution in [0.2, 0.25) is 5.02 Å². The van der Waals surface area contributed by atoms with E-state index >= 15 is 0 Å². The van der Waals surface area contributed by atoms with Gasteiger partial charge in [-0.1, -0.05) is 25.4 Å². The number of hydrazine groups is 1. The van der Waals surface area contributed by atoms with Crippen LogP contribution in [-0.2, 0) is 0 Å². The van der Waals surface area contributed by atoms with Crippen molar-refractivity contribution in [2.45, 2.75) is 44.0 Å². The summed E-state index contributed by atoms with van der Waals surface area (Å²) in [7, 11) is 1.64. The summed E-state index contributed by atoms with van der Waals surface area (Å²) in [6.45, 7) is 8.35. The highest BCUT2D eigenvalue weighted by molar-refractivity contribution is 8.01. The van der Waals surface area contributed by atoms with E-state index in [-0.39, 0.29) is 28.3 Å². The Kier molecular flexibility index (Phi) is 4.58. The molecule has 0 aromatic heterocycles. The first-order valence-electron chi connectivity index (χ1n) is 8.23. The van der Waals surface area contributed by atoms with E-state index in [1.54, 1.807) is 43.1 Å². The lowest BCUT2D eigenvalue weighted by molar-refractivity contribution is 0.0569. The predicted octanol–water partition coefficient (Wildman–Crippen LogP) is 4.29. The SMILES string of the molecule is CC(C)C1SC(C)(C)C2N1C(=O)N(C)N2C(=O)Nc1ccc(Cl)cc1. The topological polar surface area (TPSA) is 55.9 Å². The fraction of sp³-hybridized carbons (Fsp3) is 0.529. The highest BCUT2D eigenvalue weighted by Gasteiger charge is 2.60. The van der Waals surface area contributed by atoms with Crippen LogP contribution in [0.15, 0.2) is 24.3 Å². The van der Waals surface area contributed by atoms with Crippen LogP contribution in [0.5, 0.6) is 0 Å². The molecule has 3 rings (SSSR count). The molecule has 2 aliphatic heterocycles. The molecule has 0 saturated carbocycles. The van der Waals surface area contributed by atoms with Crippen molar-refractivity contribution in [2.24, 2.45) is 5.92 Å². The van der Waals surface area contributed by atoms with Crippen molar-refractivity contribution in [3.05, 3.63) is 29.3 Å². The van der Waals surface area contributed by atoms with E-state index in [0.717, 1.165) is 0 Å². The number of hydrogen-bond donors (Lipinski definition) is 1. The number of benzene rings is 1. The van der Waals surface area contributed by atoms with Gasteiger partial charge in [0.05, 0.1) is 10.1 Å². The number of rotatable bonds is 2. The van der Waals surface area contributed by atoms with Crippen LogP contribution in [0, 0.1) is 5.92 Å². The number of urea groups is 2. The van der Waals surface area contributed by atoms with Gasteiger partial charge in [0.1, 0.15) is 6.17 Å². The number of carbonyl (C=O) groups excluding carboxylic acids is 2. The van der Waals surface area contributed by atoms with E-state index in [2.05, 4.69) is 33.0 Å². The minimum absolute atomic E-state index is 0.0447. The van der Waals surface area contributed by atoms with Gasteiger partial charge in [-0.15, -0.1) is 11.8 Å².